The first-order chi connectivity index (χ1) is 15.2. The van der Waals surface area contributed by atoms with E-state index in [2.05, 4.69) is 33.3 Å². The maximum Gasteiger partial charge on any atom is 0.255 e. The number of piperazine rings is 1. The van der Waals surface area contributed by atoms with Crippen molar-refractivity contribution in [2.24, 2.45) is 0 Å². The van der Waals surface area contributed by atoms with Crippen LogP contribution in [0.5, 0.6) is 0 Å². The molecule has 172 valence electrons. The van der Waals surface area contributed by atoms with E-state index >= 15 is 0 Å². The first-order valence-electron chi connectivity index (χ1n) is 10.2. The summed E-state index contributed by atoms with van der Waals surface area (Å²) in [5.41, 5.74) is 1.33. The number of anilines is 2. The van der Waals surface area contributed by atoms with Crippen molar-refractivity contribution in [3.05, 3.63) is 65.5 Å². The van der Waals surface area contributed by atoms with E-state index in [1.807, 2.05) is 6.07 Å². The van der Waals surface area contributed by atoms with Crippen LogP contribution in [0.2, 0.25) is 5.02 Å². The predicted molar refractivity (Wildman–Crippen MR) is 126 cm³/mol. The van der Waals surface area contributed by atoms with Gasteiger partial charge in [-0.25, -0.2) is 17.5 Å². The third-order valence-electron chi connectivity index (χ3n) is 5.27. The lowest BCUT2D eigenvalue weighted by Gasteiger charge is -2.36. The summed E-state index contributed by atoms with van der Waals surface area (Å²) in [5, 5.41) is 3.25. The number of carbonyl (C=O) groups is 1. The van der Waals surface area contributed by atoms with Gasteiger partial charge < -0.3 is 15.1 Å². The molecular weight excluding hydrogens is 455 g/mol. The Labute approximate surface area is 192 Å². The molecule has 3 rings (SSSR count). The highest BCUT2D eigenvalue weighted by atomic mass is 35.5. The molecule has 1 fully saturated rings. The van der Waals surface area contributed by atoms with E-state index in [4.69, 9.17) is 11.6 Å². The van der Waals surface area contributed by atoms with E-state index in [-0.39, 0.29) is 12.1 Å². The van der Waals surface area contributed by atoms with Crippen LogP contribution in [0.1, 0.15) is 17.3 Å². The van der Waals surface area contributed by atoms with Gasteiger partial charge in [-0.1, -0.05) is 24.6 Å². The number of benzene rings is 2. The molecule has 32 heavy (non-hydrogen) atoms. The second-order valence-electron chi connectivity index (χ2n) is 7.32. The van der Waals surface area contributed by atoms with Crippen LogP contribution in [-0.2, 0) is 10.0 Å². The van der Waals surface area contributed by atoms with E-state index in [0.29, 0.717) is 10.7 Å². The van der Waals surface area contributed by atoms with E-state index < -0.39 is 26.6 Å². The van der Waals surface area contributed by atoms with E-state index in [1.54, 1.807) is 12.1 Å². The maximum absolute atomic E-state index is 14.2. The standard InChI is InChI=1S/C22H26ClFN4O3S/c1-3-9-25-32(30,31)21-14-16(5-7-18(21)24)22(29)26-19-15-17(23)6-8-20(19)28-12-10-27(4-2)11-13-28/h3,5-8,14-15,25H,1,4,9-13H2,2H3,(H,26,29). The summed E-state index contributed by atoms with van der Waals surface area (Å²) in [6, 6.07) is 8.46. The minimum Gasteiger partial charge on any atom is -0.367 e. The van der Waals surface area contributed by atoms with Gasteiger partial charge in [0.15, 0.2) is 0 Å². The number of nitrogens with zero attached hydrogens (tertiary/aromatic N) is 2. The third-order valence-corrected chi connectivity index (χ3v) is 6.94. The molecule has 1 amide bonds. The fourth-order valence-corrected chi connectivity index (χ4v) is 4.75. The number of sulfonamides is 1. The zero-order chi connectivity index (χ0) is 23.3. The smallest absolute Gasteiger partial charge is 0.255 e. The first-order valence-corrected chi connectivity index (χ1v) is 12.1. The molecule has 0 radical (unpaired) electrons. The Balaban J connectivity index is 1.86. The van der Waals surface area contributed by atoms with Crippen LogP contribution >= 0.6 is 11.6 Å². The fraction of sp³-hybridized carbons (Fsp3) is 0.318. The van der Waals surface area contributed by atoms with Crippen LogP contribution in [-0.4, -0.2) is 58.5 Å². The number of rotatable bonds is 8. The quantitative estimate of drug-likeness (QED) is 0.566. The number of carbonyl (C=O) groups excluding carboxylic acids is 1. The van der Waals surface area contributed by atoms with Crippen molar-refractivity contribution in [2.75, 3.05) is 49.5 Å². The lowest BCUT2D eigenvalue weighted by Crippen LogP contribution is -2.46. The normalized spacial score (nSPS) is 14.9. The lowest BCUT2D eigenvalue weighted by atomic mass is 10.1. The molecule has 0 spiro atoms. The summed E-state index contributed by atoms with van der Waals surface area (Å²) in [5.74, 6) is -1.52. The van der Waals surface area contributed by atoms with Gasteiger partial charge in [0.1, 0.15) is 10.7 Å². The van der Waals surface area contributed by atoms with Crippen LogP contribution in [0, 0.1) is 5.82 Å². The average Bonchev–Trinajstić information content (AvgIpc) is 2.78. The fourth-order valence-electron chi connectivity index (χ4n) is 3.48. The number of likely N-dealkylation sites (N-methyl/N-ethyl adjacent to an activating group) is 1. The van der Waals surface area contributed by atoms with E-state index in [0.717, 1.165) is 50.5 Å². The molecule has 2 aromatic rings. The van der Waals surface area contributed by atoms with Gasteiger partial charge in [-0.05, 0) is 42.9 Å². The maximum atomic E-state index is 14.2. The highest BCUT2D eigenvalue weighted by Gasteiger charge is 2.22. The van der Waals surface area contributed by atoms with Crippen molar-refractivity contribution < 1.29 is 17.6 Å². The number of amides is 1. The Morgan fingerprint density at radius 2 is 1.91 bits per heavy atom. The molecule has 2 N–H and O–H groups in total. The zero-order valence-electron chi connectivity index (χ0n) is 17.8. The first kappa shape index (κ1) is 24.2. The molecule has 1 saturated heterocycles. The molecule has 0 aromatic heterocycles. The largest absolute Gasteiger partial charge is 0.367 e. The highest BCUT2D eigenvalue weighted by molar-refractivity contribution is 7.89. The van der Waals surface area contributed by atoms with Crippen molar-refractivity contribution in [2.45, 2.75) is 11.8 Å². The molecule has 1 heterocycles. The van der Waals surface area contributed by atoms with Crippen LogP contribution in [0.4, 0.5) is 15.8 Å². The van der Waals surface area contributed by atoms with Crippen molar-refractivity contribution in [1.29, 1.82) is 0 Å². The summed E-state index contributed by atoms with van der Waals surface area (Å²) in [6.45, 7) is 9.88. The van der Waals surface area contributed by atoms with Gasteiger partial charge >= 0.3 is 0 Å². The second kappa shape index (κ2) is 10.4. The summed E-state index contributed by atoms with van der Waals surface area (Å²) < 4.78 is 41.1. The minimum absolute atomic E-state index is 0.00658. The molecule has 0 bridgehead atoms. The Hall–Kier alpha value is -2.46. The van der Waals surface area contributed by atoms with Crippen molar-refractivity contribution >= 4 is 38.9 Å². The Bertz CT molecular complexity index is 1100. The number of nitrogens with one attached hydrogen (secondary N) is 2. The van der Waals surface area contributed by atoms with E-state index in [1.165, 1.54) is 12.1 Å². The van der Waals surface area contributed by atoms with Crippen LogP contribution < -0.4 is 14.9 Å². The van der Waals surface area contributed by atoms with Crippen molar-refractivity contribution in [3.8, 4) is 0 Å². The Morgan fingerprint density at radius 1 is 1.19 bits per heavy atom. The van der Waals surface area contributed by atoms with Gasteiger partial charge in [0.05, 0.1) is 11.4 Å². The highest BCUT2D eigenvalue weighted by Crippen LogP contribution is 2.30. The molecular formula is C22H26ClFN4O3S. The molecule has 0 aliphatic carbocycles. The number of halogens is 2. The summed E-state index contributed by atoms with van der Waals surface area (Å²) in [7, 11) is -4.13. The third kappa shape index (κ3) is 5.66. The molecule has 0 atom stereocenters. The summed E-state index contributed by atoms with van der Waals surface area (Å²) >= 11 is 6.16. The topological polar surface area (TPSA) is 81.7 Å². The molecule has 2 aromatic carbocycles. The Kier molecular flexibility index (Phi) is 7.89. The summed E-state index contributed by atoms with van der Waals surface area (Å²) in [6.07, 6.45) is 1.34. The zero-order valence-corrected chi connectivity index (χ0v) is 19.3. The SMILES string of the molecule is C=CCNS(=O)(=O)c1cc(C(=O)Nc2cc(Cl)ccc2N2CCN(CC)CC2)ccc1F. The van der Waals surface area contributed by atoms with Crippen LogP contribution in [0.3, 0.4) is 0 Å². The van der Waals surface area contributed by atoms with Gasteiger partial charge in [0.2, 0.25) is 10.0 Å². The number of hydrogen-bond donors (Lipinski definition) is 2. The van der Waals surface area contributed by atoms with Gasteiger partial charge in [0.25, 0.3) is 5.91 Å². The van der Waals surface area contributed by atoms with E-state index in [9.17, 15) is 17.6 Å². The van der Waals surface area contributed by atoms with Crippen LogP contribution in [0.15, 0.2) is 53.9 Å². The van der Waals surface area contributed by atoms with Gasteiger partial charge in [-0.15, -0.1) is 6.58 Å². The molecule has 10 heteroatoms. The molecule has 0 saturated carbocycles. The summed E-state index contributed by atoms with van der Waals surface area (Å²) in [4.78, 5) is 16.8. The average molecular weight is 481 g/mol. The number of hydrogen-bond acceptors (Lipinski definition) is 5. The predicted octanol–water partition coefficient (Wildman–Crippen LogP) is 3.34. The molecule has 1 aliphatic heterocycles. The molecule has 7 nitrogen and oxygen atoms in total. The van der Waals surface area contributed by atoms with Crippen molar-refractivity contribution in [3.63, 3.8) is 0 Å². The monoisotopic (exact) mass is 480 g/mol. The second-order valence-corrected chi connectivity index (χ2v) is 9.49. The van der Waals surface area contributed by atoms with Crippen LogP contribution in [0.25, 0.3) is 0 Å². The molecule has 1 aliphatic rings. The molecule has 0 unspecified atom stereocenters. The minimum atomic E-state index is -4.13. The van der Waals surface area contributed by atoms with Gasteiger partial charge in [-0.3, -0.25) is 4.79 Å². The van der Waals surface area contributed by atoms with Crippen molar-refractivity contribution in [1.82, 2.24) is 9.62 Å². The van der Waals surface area contributed by atoms with Gasteiger partial charge in [0, 0.05) is 43.3 Å². The lowest BCUT2D eigenvalue weighted by molar-refractivity contribution is 0.102. The van der Waals surface area contributed by atoms with Gasteiger partial charge in [-0.2, -0.15) is 0 Å². The Morgan fingerprint density at radius 3 is 2.56 bits per heavy atom.